The molecule has 49 heavy (non-hydrogen) atoms. The average Bonchev–Trinajstić information content (AvgIpc) is 3.85. The fourth-order valence-corrected chi connectivity index (χ4v) is 7.45. The number of carbonyl (C=O) groups excluding carboxylic acids is 1. The molecule has 3 atom stereocenters. The van der Waals surface area contributed by atoms with Gasteiger partial charge in [-0.3, -0.25) is 9.98 Å². The van der Waals surface area contributed by atoms with Gasteiger partial charge in [-0.25, -0.2) is 19.7 Å². The first kappa shape index (κ1) is 32.7. The highest BCUT2D eigenvalue weighted by Crippen LogP contribution is 2.54. The van der Waals surface area contributed by atoms with Crippen molar-refractivity contribution in [1.82, 2.24) is 9.55 Å². The minimum Gasteiger partial charge on any atom is -0.857 e. The Hall–Kier alpha value is -4.86. The summed E-state index contributed by atoms with van der Waals surface area (Å²) in [6.07, 6.45) is 11.7. The molecule has 258 valence electrons. The number of carbonyl (C=O) groups is 1. The standard InChI is InChI=1S/C34H39N7O8/c1-4-47-31(44)22-14-18(10-12-40-13-11-36-33(40)41-17-37-25-29(41)38-32(35)39-30(25)43)24-27(46-3)20-15-23(34(2,45)19-8-6-5-7-9-19)49-26(20)21(16-42)28(24)48-22/h10-11,13-14,19,23,42,45H,4-9,12,15-17H2,1-3H3,(H2,35,39,43)/t23-,34+/m0/s1. The van der Waals surface area contributed by atoms with E-state index in [2.05, 4.69) is 20.0 Å². The summed E-state index contributed by atoms with van der Waals surface area (Å²) in [7, 11) is 1.54. The monoisotopic (exact) mass is 673 g/mol. The molecule has 1 aromatic heterocycles. The lowest BCUT2D eigenvalue weighted by molar-refractivity contribution is -0.730. The van der Waals surface area contributed by atoms with Crippen LogP contribution in [0.3, 0.4) is 0 Å². The fraction of sp³-hybridized carbons (Fsp3) is 0.471. The lowest BCUT2D eigenvalue weighted by atomic mass is 9.74. The van der Waals surface area contributed by atoms with E-state index in [1.165, 1.54) is 0 Å². The maximum atomic E-state index is 13.1. The van der Waals surface area contributed by atoms with Gasteiger partial charge in [0.2, 0.25) is 11.7 Å². The molecule has 0 bridgehead atoms. The number of imidazole rings is 1. The Morgan fingerprint density at radius 1 is 1.27 bits per heavy atom. The number of nitrogens with zero attached hydrogens (tertiary/aromatic N) is 5. The number of fused-ring (bicyclic) bond motifs is 3. The Kier molecular flexibility index (Phi) is 8.58. The van der Waals surface area contributed by atoms with Gasteiger partial charge in [-0.2, -0.15) is 9.98 Å². The van der Waals surface area contributed by atoms with Crippen molar-refractivity contribution in [2.24, 2.45) is 20.9 Å². The molecule has 15 heteroatoms. The van der Waals surface area contributed by atoms with Crippen molar-refractivity contribution in [3.63, 3.8) is 0 Å². The molecule has 0 amide bonds. The van der Waals surface area contributed by atoms with E-state index < -0.39 is 30.2 Å². The highest BCUT2D eigenvalue weighted by molar-refractivity contribution is 6.66. The molecule has 5 aliphatic rings. The summed E-state index contributed by atoms with van der Waals surface area (Å²) in [5, 5.41) is 42.8. The Labute approximate surface area is 282 Å². The Bertz CT molecular complexity index is 1860. The van der Waals surface area contributed by atoms with E-state index in [1.54, 1.807) is 32.5 Å². The van der Waals surface area contributed by atoms with Crippen LogP contribution in [0, 0.1) is 11.3 Å². The molecule has 7 rings (SSSR count). The summed E-state index contributed by atoms with van der Waals surface area (Å²) < 4.78 is 25.8. The number of aromatic nitrogens is 2. The lowest BCUT2D eigenvalue weighted by Gasteiger charge is -2.39. The first-order chi connectivity index (χ1) is 23.7. The van der Waals surface area contributed by atoms with Crippen molar-refractivity contribution in [3.05, 3.63) is 47.0 Å². The van der Waals surface area contributed by atoms with Crippen LogP contribution in [0.4, 0.5) is 5.95 Å². The zero-order valence-corrected chi connectivity index (χ0v) is 27.6. The molecular formula is C34H39N7O8. The Morgan fingerprint density at radius 2 is 2.06 bits per heavy atom. The minimum atomic E-state index is -1.12. The molecule has 4 aliphatic heterocycles. The van der Waals surface area contributed by atoms with Crippen LogP contribution >= 0.6 is 0 Å². The third-order valence-electron chi connectivity index (χ3n) is 9.94. The normalized spacial score (nSPS) is 23.6. The van der Waals surface area contributed by atoms with Crippen LogP contribution in [-0.2, 0) is 29.1 Å². The highest BCUT2D eigenvalue weighted by atomic mass is 16.6. The molecule has 1 saturated carbocycles. The zero-order valence-electron chi connectivity index (χ0n) is 27.6. The summed E-state index contributed by atoms with van der Waals surface area (Å²) in [6.45, 7) is 3.62. The number of aliphatic hydroxyl groups is 2. The molecule has 1 fully saturated rings. The van der Waals surface area contributed by atoms with E-state index in [0.717, 1.165) is 32.1 Å². The maximum Gasteiger partial charge on any atom is 0.374 e. The van der Waals surface area contributed by atoms with Gasteiger partial charge < -0.3 is 34.3 Å². The fourth-order valence-electron chi connectivity index (χ4n) is 7.45. The Balaban J connectivity index is 1.28. The molecule has 1 unspecified atom stereocenters. The van der Waals surface area contributed by atoms with E-state index in [1.807, 2.05) is 17.6 Å². The summed E-state index contributed by atoms with van der Waals surface area (Å²) >= 11 is 0. The molecule has 1 aromatic carbocycles. The SMILES string of the molecule is CCOC(=O)C1=CC(=CCn2ccnc2[NH+]2CN=C3C([O-])=NC(=N)N=C32)c2c(OC)c3c(c(CO)c2O1)O[C@H]([C@](C)(O)C1CCCCC1)C3. The molecule has 0 saturated heterocycles. The van der Waals surface area contributed by atoms with Gasteiger partial charge in [0, 0.05) is 30.6 Å². The van der Waals surface area contributed by atoms with Crippen molar-refractivity contribution in [3.8, 4) is 17.2 Å². The van der Waals surface area contributed by atoms with Crippen molar-refractivity contribution < 1.29 is 44.0 Å². The second-order valence-corrected chi connectivity index (χ2v) is 12.8. The van der Waals surface area contributed by atoms with Crippen molar-refractivity contribution >= 4 is 40.9 Å². The van der Waals surface area contributed by atoms with E-state index in [4.69, 9.17) is 24.4 Å². The number of ether oxygens (including phenoxy) is 4. The second kappa shape index (κ2) is 12.9. The van der Waals surface area contributed by atoms with E-state index >= 15 is 0 Å². The number of esters is 1. The quantitative estimate of drug-likeness (QED) is 0.280. The van der Waals surface area contributed by atoms with Gasteiger partial charge in [0.05, 0.1) is 37.6 Å². The number of aliphatic imine (C=N–C) groups is 3. The van der Waals surface area contributed by atoms with Crippen LogP contribution in [0.5, 0.6) is 17.2 Å². The summed E-state index contributed by atoms with van der Waals surface area (Å²) in [4.78, 5) is 30.2. The predicted molar refractivity (Wildman–Crippen MR) is 175 cm³/mol. The van der Waals surface area contributed by atoms with E-state index in [9.17, 15) is 20.1 Å². The molecule has 2 aromatic rings. The van der Waals surface area contributed by atoms with Crippen LogP contribution in [0.15, 0.2) is 45.3 Å². The van der Waals surface area contributed by atoms with Crippen molar-refractivity contribution in [2.75, 3.05) is 20.4 Å². The van der Waals surface area contributed by atoms with Crippen LogP contribution in [0.1, 0.15) is 62.6 Å². The summed E-state index contributed by atoms with van der Waals surface area (Å²) in [5.41, 5.74) is 1.13. The van der Waals surface area contributed by atoms with Gasteiger partial charge in [-0.15, -0.1) is 0 Å². The maximum absolute atomic E-state index is 13.1. The van der Waals surface area contributed by atoms with Gasteiger partial charge in [-0.05, 0) is 44.3 Å². The number of guanidine groups is 1. The van der Waals surface area contributed by atoms with Gasteiger partial charge in [0.25, 0.3) is 5.84 Å². The number of aliphatic hydroxyl groups excluding tert-OH is 1. The van der Waals surface area contributed by atoms with Crippen LogP contribution in [0.25, 0.3) is 5.57 Å². The number of methoxy groups -OCH3 is 1. The molecule has 0 radical (unpaired) electrons. The molecule has 1 aliphatic carbocycles. The first-order valence-corrected chi connectivity index (χ1v) is 16.5. The first-order valence-electron chi connectivity index (χ1n) is 16.5. The number of nitrogens with one attached hydrogen (secondary N) is 2. The zero-order chi connectivity index (χ0) is 34.4. The number of quaternary nitrogens is 1. The molecule has 15 nitrogen and oxygen atoms in total. The topological polar surface area (TPSA) is 201 Å². The summed E-state index contributed by atoms with van der Waals surface area (Å²) in [6, 6.07) is 0. The number of rotatable bonds is 9. The number of allylic oxidation sites excluding steroid dienone is 3. The van der Waals surface area contributed by atoms with Crippen molar-refractivity contribution in [2.45, 2.75) is 77.2 Å². The number of amidine groups is 1. The van der Waals surface area contributed by atoms with Gasteiger partial charge >= 0.3 is 11.9 Å². The number of hydrogen-bond acceptors (Lipinski definition) is 11. The minimum absolute atomic E-state index is 0.0730. The van der Waals surface area contributed by atoms with Crippen LogP contribution in [0.2, 0.25) is 0 Å². The second-order valence-electron chi connectivity index (χ2n) is 12.8. The lowest BCUT2D eigenvalue weighted by Crippen LogP contribution is -3.10. The number of hydrogen-bond donors (Lipinski definition) is 4. The van der Waals surface area contributed by atoms with Gasteiger partial charge in [0.1, 0.15) is 29.0 Å². The smallest absolute Gasteiger partial charge is 0.374 e. The Morgan fingerprint density at radius 3 is 2.80 bits per heavy atom. The predicted octanol–water partition coefficient (Wildman–Crippen LogP) is 0.976. The van der Waals surface area contributed by atoms with Gasteiger partial charge in [-0.1, -0.05) is 25.3 Å². The summed E-state index contributed by atoms with van der Waals surface area (Å²) in [5.74, 6) is 0.173. The molecule has 0 spiro atoms. The molecule has 5 heterocycles. The molecule has 4 N–H and O–H groups in total. The van der Waals surface area contributed by atoms with E-state index in [-0.39, 0.29) is 54.8 Å². The molecular weight excluding hydrogens is 634 g/mol. The largest absolute Gasteiger partial charge is 0.857 e. The van der Waals surface area contributed by atoms with Gasteiger partial charge in [0.15, 0.2) is 12.4 Å². The third kappa shape index (κ3) is 5.60. The van der Waals surface area contributed by atoms with Crippen molar-refractivity contribution in [1.29, 1.82) is 5.41 Å². The van der Waals surface area contributed by atoms with Crippen LogP contribution in [-0.4, -0.2) is 81.2 Å². The third-order valence-corrected chi connectivity index (χ3v) is 9.94. The highest BCUT2D eigenvalue weighted by Gasteiger charge is 2.47. The van der Waals surface area contributed by atoms with E-state index in [0.29, 0.717) is 51.0 Å². The average molecular weight is 674 g/mol. The number of benzene rings is 1. The van der Waals surface area contributed by atoms with Crippen LogP contribution < -0.4 is 24.2 Å².